The average Bonchev–Trinajstić information content (AvgIpc) is 2.52. The van der Waals surface area contributed by atoms with Crippen molar-refractivity contribution in [3.8, 4) is 0 Å². The Morgan fingerprint density at radius 2 is 1.76 bits per heavy atom. The molecule has 0 aromatic heterocycles. The van der Waals surface area contributed by atoms with Gasteiger partial charge in [-0.3, -0.25) is 4.99 Å². The van der Waals surface area contributed by atoms with Crippen molar-refractivity contribution in [2.45, 2.75) is 52.1 Å². The lowest BCUT2D eigenvalue weighted by Crippen LogP contribution is -2.53. The van der Waals surface area contributed by atoms with Crippen molar-refractivity contribution in [1.82, 2.24) is 9.80 Å². The molecule has 2 rings (SSSR count). The van der Waals surface area contributed by atoms with Crippen LogP contribution in [0.4, 0.5) is 4.79 Å². The molecule has 7 heteroatoms. The monoisotopic (exact) mass is 354 g/mol. The molecule has 0 spiro atoms. The smallest absolute Gasteiger partial charge is 0.410 e. The number of guanidine groups is 1. The Balaban J connectivity index is 1.80. The fraction of sp³-hybridized carbons (Fsp3) is 0.889. The fourth-order valence-corrected chi connectivity index (χ4v) is 3.28. The van der Waals surface area contributed by atoms with E-state index < -0.39 is 5.60 Å². The van der Waals surface area contributed by atoms with E-state index in [4.69, 9.17) is 15.2 Å². The van der Waals surface area contributed by atoms with E-state index in [0.29, 0.717) is 32.1 Å². The van der Waals surface area contributed by atoms with E-state index in [0.717, 1.165) is 19.6 Å². The van der Waals surface area contributed by atoms with E-state index in [2.05, 4.69) is 9.89 Å². The van der Waals surface area contributed by atoms with Crippen LogP contribution in [0.15, 0.2) is 4.99 Å². The first-order chi connectivity index (χ1) is 11.7. The number of carbonyl (C=O) groups excluding carboxylic acids is 1. The second-order valence-electron chi connectivity index (χ2n) is 8.23. The summed E-state index contributed by atoms with van der Waals surface area (Å²) in [5.41, 5.74) is 6.01. The van der Waals surface area contributed by atoms with Gasteiger partial charge in [0.15, 0.2) is 5.96 Å². The van der Waals surface area contributed by atoms with E-state index in [1.807, 2.05) is 20.8 Å². The minimum Gasteiger partial charge on any atom is -0.444 e. The molecule has 1 aliphatic carbocycles. The van der Waals surface area contributed by atoms with Gasteiger partial charge in [0.25, 0.3) is 0 Å². The highest BCUT2D eigenvalue weighted by Crippen LogP contribution is 2.44. The van der Waals surface area contributed by atoms with Crippen LogP contribution in [0.2, 0.25) is 0 Å². The molecule has 1 aliphatic heterocycles. The molecule has 2 aliphatic rings. The number of aliphatic imine (C=N–C) groups is 1. The molecule has 1 heterocycles. The number of hydrogen-bond donors (Lipinski definition) is 1. The third-order valence-electron chi connectivity index (χ3n) is 5.08. The summed E-state index contributed by atoms with van der Waals surface area (Å²) in [7, 11) is 1.74. The van der Waals surface area contributed by atoms with Crippen LogP contribution in [0.3, 0.4) is 0 Å². The van der Waals surface area contributed by atoms with Crippen molar-refractivity contribution in [2.75, 3.05) is 46.4 Å². The molecular weight excluding hydrogens is 320 g/mol. The number of methoxy groups -OCH3 is 1. The van der Waals surface area contributed by atoms with Gasteiger partial charge in [-0.25, -0.2) is 4.79 Å². The zero-order chi connectivity index (χ0) is 18.5. The van der Waals surface area contributed by atoms with Crippen LogP contribution in [0.5, 0.6) is 0 Å². The van der Waals surface area contributed by atoms with Crippen molar-refractivity contribution >= 4 is 12.1 Å². The molecule has 0 unspecified atom stereocenters. The van der Waals surface area contributed by atoms with Gasteiger partial charge in [0, 0.05) is 46.4 Å². The lowest BCUT2D eigenvalue weighted by Gasteiger charge is -2.41. The van der Waals surface area contributed by atoms with E-state index in [1.165, 1.54) is 19.3 Å². The summed E-state index contributed by atoms with van der Waals surface area (Å²) in [4.78, 5) is 20.6. The molecule has 2 N–H and O–H groups in total. The fourth-order valence-electron chi connectivity index (χ4n) is 3.28. The third-order valence-corrected chi connectivity index (χ3v) is 5.08. The summed E-state index contributed by atoms with van der Waals surface area (Å²) in [6.07, 6.45) is 4.48. The van der Waals surface area contributed by atoms with Gasteiger partial charge in [-0.05, 0) is 45.4 Å². The first kappa shape index (κ1) is 19.8. The Labute approximate surface area is 151 Å². The average molecular weight is 354 g/mol. The molecule has 2 fully saturated rings. The van der Waals surface area contributed by atoms with Gasteiger partial charge in [0.05, 0.1) is 0 Å². The highest BCUT2D eigenvalue weighted by Gasteiger charge is 2.36. The number of carbonyl (C=O) groups is 1. The number of nitrogens with two attached hydrogens (primary N) is 1. The van der Waals surface area contributed by atoms with Crippen LogP contribution < -0.4 is 5.73 Å². The number of hydrogen-bond acceptors (Lipinski definition) is 4. The molecule has 144 valence electrons. The standard InChI is InChI=1S/C18H34N4O3/c1-17(2,3)25-16(23)22-11-9-21(10-12-22)15(19)20-14-18(6-5-7-18)8-13-24-4/h5-14H2,1-4H3,(H2,19,20). The second-order valence-corrected chi connectivity index (χ2v) is 8.23. The molecule has 1 saturated heterocycles. The van der Waals surface area contributed by atoms with Gasteiger partial charge in [-0.2, -0.15) is 0 Å². The van der Waals surface area contributed by atoms with E-state index in [9.17, 15) is 4.79 Å². The molecular formula is C18H34N4O3. The number of nitrogens with zero attached hydrogens (tertiary/aromatic N) is 3. The number of rotatable bonds is 5. The SMILES string of the molecule is COCCC1(CN=C(N)N2CCN(C(=O)OC(C)(C)C)CC2)CCC1. The topological polar surface area (TPSA) is 80.4 Å². The minimum atomic E-state index is -0.464. The minimum absolute atomic E-state index is 0.254. The van der Waals surface area contributed by atoms with Gasteiger partial charge >= 0.3 is 6.09 Å². The highest BCUT2D eigenvalue weighted by molar-refractivity contribution is 5.78. The first-order valence-electron chi connectivity index (χ1n) is 9.26. The van der Waals surface area contributed by atoms with Gasteiger partial charge < -0.3 is 25.0 Å². The molecule has 0 radical (unpaired) electrons. The quantitative estimate of drug-likeness (QED) is 0.604. The molecule has 0 aromatic carbocycles. The Morgan fingerprint density at radius 1 is 1.16 bits per heavy atom. The second kappa shape index (κ2) is 8.25. The molecule has 7 nitrogen and oxygen atoms in total. The van der Waals surface area contributed by atoms with Crippen molar-refractivity contribution in [2.24, 2.45) is 16.1 Å². The summed E-state index contributed by atoms with van der Waals surface area (Å²) in [6.45, 7) is 9.81. The zero-order valence-corrected chi connectivity index (χ0v) is 16.2. The first-order valence-corrected chi connectivity index (χ1v) is 9.26. The van der Waals surface area contributed by atoms with Gasteiger partial charge in [-0.15, -0.1) is 0 Å². The lowest BCUT2D eigenvalue weighted by molar-refractivity contribution is 0.0186. The number of amides is 1. The predicted molar refractivity (Wildman–Crippen MR) is 98.6 cm³/mol. The maximum atomic E-state index is 12.1. The molecule has 0 bridgehead atoms. The summed E-state index contributed by atoms with van der Waals surface area (Å²) in [6, 6.07) is 0. The van der Waals surface area contributed by atoms with Gasteiger partial charge in [0.2, 0.25) is 0 Å². The molecule has 25 heavy (non-hydrogen) atoms. The molecule has 1 amide bonds. The maximum absolute atomic E-state index is 12.1. The Bertz CT molecular complexity index is 475. The Kier molecular flexibility index (Phi) is 6.54. The molecule has 0 atom stereocenters. The Hall–Kier alpha value is -1.50. The van der Waals surface area contributed by atoms with Crippen LogP contribution in [0, 0.1) is 5.41 Å². The summed E-state index contributed by atoms with van der Waals surface area (Å²) >= 11 is 0. The summed E-state index contributed by atoms with van der Waals surface area (Å²) in [5, 5.41) is 0. The van der Waals surface area contributed by atoms with Crippen molar-refractivity contribution in [3.63, 3.8) is 0 Å². The van der Waals surface area contributed by atoms with Crippen LogP contribution in [0.1, 0.15) is 46.5 Å². The number of piperazine rings is 1. The predicted octanol–water partition coefficient (Wildman–Crippen LogP) is 2.06. The van der Waals surface area contributed by atoms with E-state index >= 15 is 0 Å². The van der Waals surface area contributed by atoms with Gasteiger partial charge in [-0.1, -0.05) is 6.42 Å². The van der Waals surface area contributed by atoms with Crippen LogP contribution in [0.25, 0.3) is 0 Å². The van der Waals surface area contributed by atoms with Gasteiger partial charge in [0.1, 0.15) is 5.60 Å². The zero-order valence-electron chi connectivity index (χ0n) is 16.2. The Morgan fingerprint density at radius 3 is 2.24 bits per heavy atom. The normalized spacial score (nSPS) is 21.0. The number of ether oxygens (including phenoxy) is 2. The van der Waals surface area contributed by atoms with Crippen molar-refractivity contribution in [1.29, 1.82) is 0 Å². The van der Waals surface area contributed by atoms with Crippen molar-refractivity contribution < 1.29 is 14.3 Å². The molecule has 1 saturated carbocycles. The van der Waals surface area contributed by atoms with Crippen LogP contribution >= 0.6 is 0 Å². The van der Waals surface area contributed by atoms with Crippen LogP contribution in [-0.2, 0) is 9.47 Å². The van der Waals surface area contributed by atoms with E-state index in [1.54, 1.807) is 12.0 Å². The maximum Gasteiger partial charge on any atom is 0.410 e. The largest absolute Gasteiger partial charge is 0.444 e. The van der Waals surface area contributed by atoms with Crippen molar-refractivity contribution in [3.05, 3.63) is 0 Å². The third kappa shape index (κ3) is 5.76. The molecule has 0 aromatic rings. The summed E-state index contributed by atoms with van der Waals surface area (Å²) in [5.74, 6) is 0.590. The summed E-state index contributed by atoms with van der Waals surface area (Å²) < 4.78 is 10.6. The highest BCUT2D eigenvalue weighted by atomic mass is 16.6. The lowest BCUT2D eigenvalue weighted by atomic mass is 9.67. The van der Waals surface area contributed by atoms with Crippen LogP contribution in [-0.4, -0.2) is 73.9 Å². The van der Waals surface area contributed by atoms with E-state index in [-0.39, 0.29) is 11.5 Å².